The van der Waals surface area contributed by atoms with Gasteiger partial charge in [0.05, 0.1) is 25.4 Å². The van der Waals surface area contributed by atoms with Crippen molar-refractivity contribution in [2.24, 2.45) is 0 Å². The molecule has 8 nitrogen and oxygen atoms in total. The van der Waals surface area contributed by atoms with Gasteiger partial charge in [0.15, 0.2) is 0 Å². The SMILES string of the molecule is COCc1cc2cc(c1)C(=O)N[C@H]([C@H](O)CN[C@H]1CC(C)(C)Oc3ccc(C(C)C)cc31)Cc1cccc(c1)OCCCCN2. The van der Waals surface area contributed by atoms with Crippen LogP contribution in [-0.2, 0) is 17.8 Å². The van der Waals surface area contributed by atoms with E-state index in [2.05, 4.69) is 61.8 Å². The van der Waals surface area contributed by atoms with Gasteiger partial charge in [-0.1, -0.05) is 38.1 Å². The van der Waals surface area contributed by atoms with E-state index in [0.29, 0.717) is 37.7 Å². The molecule has 0 spiro atoms. The number of carbonyl (C=O) groups is 1. The van der Waals surface area contributed by atoms with Crippen LogP contribution in [0.5, 0.6) is 11.5 Å². The van der Waals surface area contributed by atoms with Gasteiger partial charge in [-0.05, 0) is 92.1 Å². The Hall–Kier alpha value is -3.59. The van der Waals surface area contributed by atoms with E-state index in [-0.39, 0.29) is 17.6 Å². The Balaban J connectivity index is 1.40. The molecule has 0 aliphatic carbocycles. The maximum absolute atomic E-state index is 13.8. The molecular formula is C37H49N3O5. The van der Waals surface area contributed by atoms with E-state index in [0.717, 1.165) is 59.7 Å². The summed E-state index contributed by atoms with van der Waals surface area (Å²) in [6, 6.07) is 19.5. The number of methoxy groups -OCH3 is 1. The van der Waals surface area contributed by atoms with Crippen LogP contribution in [0.3, 0.4) is 0 Å². The molecule has 2 heterocycles. The van der Waals surface area contributed by atoms with Gasteiger partial charge in [0, 0.05) is 49.5 Å². The maximum Gasteiger partial charge on any atom is 0.251 e. The third-order valence-electron chi connectivity index (χ3n) is 8.60. The molecule has 3 atom stereocenters. The van der Waals surface area contributed by atoms with Crippen molar-refractivity contribution < 1.29 is 24.1 Å². The first-order chi connectivity index (χ1) is 21.6. The molecule has 0 saturated carbocycles. The molecule has 2 aliphatic rings. The molecule has 0 fully saturated rings. The molecular weight excluding hydrogens is 566 g/mol. The van der Waals surface area contributed by atoms with Gasteiger partial charge in [-0.25, -0.2) is 0 Å². The standard InChI is InChI=1S/C37H49N3O5/c1-24(2)27-11-12-35-31(20-27)33(21-37(3,4)45-35)39-22-34(41)32-18-25-9-8-10-30(17-25)44-14-7-6-13-38-29-16-26(23-43-5)15-28(19-29)36(42)40-32/h8-12,15-17,19-20,24,32-34,38-39,41H,6-7,13-14,18,21-23H2,1-5H3,(H,40,42)/t32-,33-,34+/m0/s1. The Labute approximate surface area is 267 Å². The first-order valence-electron chi connectivity index (χ1n) is 16.2. The average Bonchev–Trinajstić information content (AvgIpc) is 3.00. The average molecular weight is 616 g/mol. The third kappa shape index (κ3) is 8.78. The lowest BCUT2D eigenvalue weighted by atomic mass is 9.87. The monoisotopic (exact) mass is 615 g/mol. The van der Waals surface area contributed by atoms with Gasteiger partial charge in [0.2, 0.25) is 0 Å². The predicted octanol–water partition coefficient (Wildman–Crippen LogP) is 6.13. The fourth-order valence-electron chi connectivity index (χ4n) is 6.20. The van der Waals surface area contributed by atoms with Crippen LogP contribution in [0.15, 0.2) is 60.7 Å². The molecule has 1 amide bonds. The number of carbonyl (C=O) groups excluding carboxylic acids is 1. The van der Waals surface area contributed by atoms with E-state index in [1.807, 2.05) is 42.5 Å². The van der Waals surface area contributed by atoms with E-state index in [4.69, 9.17) is 14.2 Å². The maximum atomic E-state index is 13.8. The van der Waals surface area contributed by atoms with Gasteiger partial charge < -0.3 is 35.3 Å². The molecule has 45 heavy (non-hydrogen) atoms. The van der Waals surface area contributed by atoms with E-state index in [1.54, 1.807) is 7.11 Å². The molecule has 4 bridgehead atoms. The number of amides is 1. The van der Waals surface area contributed by atoms with Crippen LogP contribution < -0.4 is 25.4 Å². The zero-order valence-electron chi connectivity index (χ0n) is 27.3. The second kappa shape index (κ2) is 14.7. The first kappa shape index (κ1) is 32.8. The molecule has 0 saturated heterocycles. The van der Waals surface area contributed by atoms with Crippen LogP contribution in [0.2, 0.25) is 0 Å². The van der Waals surface area contributed by atoms with Crippen molar-refractivity contribution in [2.45, 2.75) is 89.7 Å². The second-order valence-electron chi connectivity index (χ2n) is 13.3. The highest BCUT2D eigenvalue weighted by atomic mass is 16.5. The quantitative estimate of drug-likeness (QED) is 0.254. The second-order valence-corrected chi connectivity index (χ2v) is 13.3. The fourth-order valence-corrected chi connectivity index (χ4v) is 6.20. The van der Waals surface area contributed by atoms with Crippen molar-refractivity contribution in [3.05, 3.63) is 88.5 Å². The van der Waals surface area contributed by atoms with Crippen molar-refractivity contribution in [3.8, 4) is 11.5 Å². The molecule has 242 valence electrons. The van der Waals surface area contributed by atoms with Crippen LogP contribution in [0.1, 0.15) is 91.5 Å². The van der Waals surface area contributed by atoms with Crippen LogP contribution in [0, 0.1) is 0 Å². The molecule has 3 aromatic rings. The normalized spacial score (nSPS) is 20.6. The Bertz CT molecular complexity index is 1460. The fraction of sp³-hybridized carbons (Fsp3) is 0.486. The van der Waals surface area contributed by atoms with Gasteiger partial charge in [-0.15, -0.1) is 0 Å². The minimum Gasteiger partial charge on any atom is -0.494 e. The van der Waals surface area contributed by atoms with Gasteiger partial charge in [0.1, 0.15) is 17.1 Å². The highest BCUT2D eigenvalue weighted by Crippen LogP contribution is 2.40. The van der Waals surface area contributed by atoms with Crippen LogP contribution >= 0.6 is 0 Å². The lowest BCUT2D eigenvalue weighted by molar-refractivity contribution is 0.0582. The van der Waals surface area contributed by atoms with Gasteiger partial charge in [-0.3, -0.25) is 4.79 Å². The summed E-state index contributed by atoms with van der Waals surface area (Å²) in [4.78, 5) is 13.8. The summed E-state index contributed by atoms with van der Waals surface area (Å²) in [5.74, 6) is 1.82. The summed E-state index contributed by atoms with van der Waals surface area (Å²) in [5, 5.41) is 22.0. The molecule has 0 aromatic heterocycles. The summed E-state index contributed by atoms with van der Waals surface area (Å²) in [6.45, 7) is 10.6. The Morgan fingerprint density at radius 3 is 2.73 bits per heavy atom. The molecule has 3 aromatic carbocycles. The zero-order chi connectivity index (χ0) is 32.0. The number of hydrogen-bond acceptors (Lipinski definition) is 7. The van der Waals surface area contributed by atoms with Crippen LogP contribution in [0.25, 0.3) is 0 Å². The summed E-state index contributed by atoms with van der Waals surface area (Å²) in [7, 11) is 1.65. The molecule has 8 heteroatoms. The van der Waals surface area contributed by atoms with Crippen LogP contribution in [0.4, 0.5) is 5.69 Å². The number of nitrogens with one attached hydrogen (secondary N) is 3. The summed E-state index contributed by atoms with van der Waals surface area (Å²) >= 11 is 0. The largest absolute Gasteiger partial charge is 0.494 e. The van der Waals surface area contributed by atoms with E-state index in [9.17, 15) is 9.90 Å². The van der Waals surface area contributed by atoms with Crippen molar-refractivity contribution >= 4 is 11.6 Å². The number of hydrogen-bond donors (Lipinski definition) is 4. The molecule has 4 N–H and O–H groups in total. The van der Waals surface area contributed by atoms with E-state index >= 15 is 0 Å². The van der Waals surface area contributed by atoms with E-state index in [1.165, 1.54) is 5.56 Å². The number of ether oxygens (including phenoxy) is 3. The van der Waals surface area contributed by atoms with Gasteiger partial charge in [0.25, 0.3) is 5.91 Å². The number of anilines is 1. The third-order valence-corrected chi connectivity index (χ3v) is 8.60. The zero-order valence-corrected chi connectivity index (χ0v) is 27.3. The van der Waals surface area contributed by atoms with Crippen molar-refractivity contribution in [1.82, 2.24) is 10.6 Å². The number of benzene rings is 3. The lowest BCUT2D eigenvalue weighted by Gasteiger charge is -2.39. The number of rotatable bonds is 7. The van der Waals surface area contributed by atoms with Gasteiger partial charge in [-0.2, -0.15) is 0 Å². The number of fused-ring (bicyclic) bond motifs is 5. The molecule has 2 aliphatic heterocycles. The highest BCUT2D eigenvalue weighted by molar-refractivity contribution is 5.95. The van der Waals surface area contributed by atoms with Crippen molar-refractivity contribution in [1.29, 1.82) is 0 Å². The number of aliphatic hydroxyl groups excluding tert-OH is 1. The first-order valence-corrected chi connectivity index (χ1v) is 16.2. The minimum absolute atomic E-state index is 0.00455. The molecule has 0 radical (unpaired) electrons. The number of aliphatic hydroxyl groups is 1. The minimum atomic E-state index is -0.861. The molecule has 0 unspecified atom stereocenters. The lowest BCUT2D eigenvalue weighted by Crippen LogP contribution is -2.50. The Morgan fingerprint density at radius 1 is 1.09 bits per heavy atom. The Morgan fingerprint density at radius 2 is 1.93 bits per heavy atom. The topological polar surface area (TPSA) is 101 Å². The van der Waals surface area contributed by atoms with Crippen molar-refractivity contribution in [3.63, 3.8) is 0 Å². The van der Waals surface area contributed by atoms with Crippen LogP contribution in [-0.4, -0.2) is 55.6 Å². The van der Waals surface area contributed by atoms with E-state index < -0.39 is 12.1 Å². The Kier molecular flexibility index (Phi) is 10.7. The summed E-state index contributed by atoms with van der Waals surface area (Å²) in [6.07, 6.45) is 2.18. The summed E-state index contributed by atoms with van der Waals surface area (Å²) in [5.41, 5.74) is 5.29. The van der Waals surface area contributed by atoms with Crippen molar-refractivity contribution in [2.75, 3.05) is 32.1 Å². The van der Waals surface area contributed by atoms with Gasteiger partial charge >= 0.3 is 0 Å². The predicted molar refractivity (Wildman–Crippen MR) is 178 cm³/mol. The summed E-state index contributed by atoms with van der Waals surface area (Å²) < 4.78 is 17.8. The molecule has 5 rings (SSSR count). The smallest absolute Gasteiger partial charge is 0.251 e. The highest BCUT2D eigenvalue weighted by Gasteiger charge is 2.35.